The predicted molar refractivity (Wildman–Crippen MR) is 121 cm³/mol. The third kappa shape index (κ3) is 3.58. The Morgan fingerprint density at radius 3 is 2.62 bits per heavy atom. The van der Waals surface area contributed by atoms with Crippen molar-refractivity contribution in [3.63, 3.8) is 0 Å². The van der Waals surface area contributed by atoms with Crippen molar-refractivity contribution >= 4 is 38.7 Å². The van der Waals surface area contributed by atoms with E-state index in [9.17, 15) is 14.0 Å². The fourth-order valence-corrected chi connectivity index (χ4v) is 3.75. The number of fused-ring (bicyclic) bond motifs is 3. The summed E-state index contributed by atoms with van der Waals surface area (Å²) in [6.07, 6.45) is 3.21. The van der Waals surface area contributed by atoms with Crippen LogP contribution >= 0.6 is 15.9 Å². The van der Waals surface area contributed by atoms with E-state index in [1.54, 1.807) is 23.0 Å². The number of anilines is 1. The Balaban J connectivity index is 1.48. The van der Waals surface area contributed by atoms with E-state index in [1.165, 1.54) is 16.5 Å². The maximum Gasteiger partial charge on any atom is 0.350 e. The molecule has 3 heterocycles. The highest BCUT2D eigenvalue weighted by Gasteiger charge is 2.16. The first kappa shape index (κ1) is 20.1. The van der Waals surface area contributed by atoms with Crippen LogP contribution in [0.15, 0.2) is 70.2 Å². The molecule has 3 aromatic heterocycles. The third-order valence-corrected chi connectivity index (χ3v) is 5.53. The lowest BCUT2D eigenvalue weighted by Gasteiger charge is -2.06. The molecule has 10 heteroatoms. The van der Waals surface area contributed by atoms with Crippen LogP contribution in [0.2, 0.25) is 0 Å². The van der Waals surface area contributed by atoms with Crippen molar-refractivity contribution in [2.75, 3.05) is 5.32 Å². The number of benzene rings is 2. The fourth-order valence-electron chi connectivity index (χ4n) is 3.42. The van der Waals surface area contributed by atoms with Crippen LogP contribution in [0.1, 0.15) is 5.56 Å². The van der Waals surface area contributed by atoms with Gasteiger partial charge < -0.3 is 5.32 Å². The van der Waals surface area contributed by atoms with E-state index in [4.69, 9.17) is 0 Å². The summed E-state index contributed by atoms with van der Waals surface area (Å²) in [5.74, 6) is -1.15. The second-order valence-electron chi connectivity index (χ2n) is 7.33. The SMILES string of the molecule is Cc1ccc(-c2cc3c4nn(CC(=O)Nc5ccc(Br)cc5F)c(=O)n4ccn3n2)cc1. The van der Waals surface area contributed by atoms with Crippen molar-refractivity contribution in [3.8, 4) is 11.3 Å². The maximum atomic E-state index is 14.0. The number of aryl methyl sites for hydroxylation is 1. The number of carbonyl (C=O) groups is 1. The molecule has 0 bridgehead atoms. The minimum Gasteiger partial charge on any atom is -0.322 e. The summed E-state index contributed by atoms with van der Waals surface area (Å²) in [6.45, 7) is 1.65. The van der Waals surface area contributed by atoms with Crippen LogP contribution in [-0.2, 0) is 11.3 Å². The lowest BCUT2D eigenvalue weighted by Crippen LogP contribution is -2.28. The summed E-state index contributed by atoms with van der Waals surface area (Å²) in [4.78, 5) is 25.2. The van der Waals surface area contributed by atoms with Gasteiger partial charge in [-0.15, -0.1) is 5.10 Å². The second-order valence-corrected chi connectivity index (χ2v) is 8.25. The summed E-state index contributed by atoms with van der Waals surface area (Å²) in [5.41, 5.74) is 3.36. The van der Waals surface area contributed by atoms with Gasteiger partial charge in [-0.3, -0.25) is 4.79 Å². The average Bonchev–Trinajstić information content (AvgIpc) is 3.32. The number of carbonyl (C=O) groups excluding carboxylic acids is 1. The Morgan fingerprint density at radius 2 is 1.88 bits per heavy atom. The van der Waals surface area contributed by atoms with E-state index in [0.717, 1.165) is 21.5 Å². The van der Waals surface area contributed by atoms with Crippen molar-refractivity contribution in [2.24, 2.45) is 0 Å². The van der Waals surface area contributed by atoms with Crippen LogP contribution in [-0.4, -0.2) is 29.7 Å². The van der Waals surface area contributed by atoms with Gasteiger partial charge in [-0.25, -0.2) is 22.8 Å². The van der Waals surface area contributed by atoms with Crippen LogP contribution in [0.3, 0.4) is 0 Å². The highest BCUT2D eigenvalue weighted by Crippen LogP contribution is 2.22. The molecule has 0 aliphatic carbocycles. The zero-order chi connectivity index (χ0) is 22.4. The van der Waals surface area contributed by atoms with E-state index in [-0.39, 0.29) is 12.2 Å². The molecular formula is C22H16BrFN6O2. The van der Waals surface area contributed by atoms with Crippen molar-refractivity contribution in [2.45, 2.75) is 13.5 Å². The van der Waals surface area contributed by atoms with Gasteiger partial charge in [0.25, 0.3) is 0 Å². The van der Waals surface area contributed by atoms with Crippen molar-refractivity contribution in [1.82, 2.24) is 23.8 Å². The molecule has 160 valence electrons. The smallest absolute Gasteiger partial charge is 0.322 e. The molecule has 0 atom stereocenters. The minimum absolute atomic E-state index is 0.0240. The quantitative estimate of drug-likeness (QED) is 0.413. The Labute approximate surface area is 189 Å². The first-order valence-electron chi connectivity index (χ1n) is 9.68. The van der Waals surface area contributed by atoms with Gasteiger partial charge in [0.2, 0.25) is 5.91 Å². The van der Waals surface area contributed by atoms with Gasteiger partial charge in [0.15, 0.2) is 5.65 Å². The van der Waals surface area contributed by atoms with Gasteiger partial charge >= 0.3 is 5.69 Å². The van der Waals surface area contributed by atoms with Crippen molar-refractivity contribution < 1.29 is 9.18 Å². The molecule has 1 N–H and O–H groups in total. The van der Waals surface area contributed by atoms with Gasteiger partial charge in [-0.05, 0) is 31.2 Å². The first-order chi connectivity index (χ1) is 15.4. The number of amides is 1. The lowest BCUT2D eigenvalue weighted by molar-refractivity contribution is -0.117. The van der Waals surface area contributed by atoms with Gasteiger partial charge in [0, 0.05) is 22.4 Å². The highest BCUT2D eigenvalue weighted by molar-refractivity contribution is 9.10. The molecule has 5 aromatic rings. The molecule has 0 saturated heterocycles. The molecule has 0 aliphatic heterocycles. The van der Waals surface area contributed by atoms with E-state index < -0.39 is 17.4 Å². The molecule has 0 saturated carbocycles. The Bertz CT molecular complexity index is 1550. The first-order valence-corrected chi connectivity index (χ1v) is 10.5. The van der Waals surface area contributed by atoms with Crippen molar-refractivity contribution in [3.05, 3.63) is 87.3 Å². The second kappa shape index (κ2) is 7.72. The molecule has 0 unspecified atom stereocenters. The van der Waals surface area contributed by atoms with Gasteiger partial charge in [-0.2, -0.15) is 5.10 Å². The van der Waals surface area contributed by atoms with E-state index in [0.29, 0.717) is 15.6 Å². The zero-order valence-electron chi connectivity index (χ0n) is 16.8. The normalized spacial score (nSPS) is 11.3. The average molecular weight is 495 g/mol. The molecular weight excluding hydrogens is 479 g/mol. The molecule has 0 aliphatic rings. The Kier molecular flexibility index (Phi) is 4.86. The molecule has 2 aromatic carbocycles. The van der Waals surface area contributed by atoms with Crippen LogP contribution in [0.5, 0.6) is 0 Å². The predicted octanol–water partition coefficient (Wildman–Crippen LogP) is 3.66. The van der Waals surface area contributed by atoms with E-state index in [1.807, 2.05) is 37.3 Å². The molecule has 5 rings (SSSR count). The number of nitrogens with zero attached hydrogens (tertiary/aromatic N) is 5. The molecule has 32 heavy (non-hydrogen) atoms. The fraction of sp³-hybridized carbons (Fsp3) is 0.0909. The standard InChI is InChI=1S/C22H16BrFN6O2/c1-13-2-4-14(5-3-13)18-11-19-21-27-30(22(32)28(21)8-9-29(19)26-18)12-20(31)25-17-7-6-15(23)10-16(17)24/h2-11H,12H2,1H3,(H,25,31). The van der Waals surface area contributed by atoms with Gasteiger partial charge in [0.05, 0.1) is 11.4 Å². The van der Waals surface area contributed by atoms with Crippen LogP contribution in [0.4, 0.5) is 10.1 Å². The Hall–Kier alpha value is -3.79. The summed E-state index contributed by atoms with van der Waals surface area (Å²) >= 11 is 3.17. The van der Waals surface area contributed by atoms with Crippen LogP contribution in [0, 0.1) is 12.7 Å². The largest absolute Gasteiger partial charge is 0.350 e. The molecule has 8 nitrogen and oxygen atoms in total. The Morgan fingerprint density at radius 1 is 1.09 bits per heavy atom. The molecule has 1 amide bonds. The van der Waals surface area contributed by atoms with E-state index >= 15 is 0 Å². The van der Waals surface area contributed by atoms with Gasteiger partial charge in [0.1, 0.15) is 17.9 Å². The number of nitrogens with one attached hydrogen (secondary N) is 1. The number of halogens is 2. The van der Waals surface area contributed by atoms with Gasteiger partial charge in [-0.1, -0.05) is 45.8 Å². The van der Waals surface area contributed by atoms with E-state index in [2.05, 4.69) is 31.4 Å². The summed E-state index contributed by atoms with van der Waals surface area (Å²) in [6, 6.07) is 14.1. The van der Waals surface area contributed by atoms with Crippen molar-refractivity contribution in [1.29, 1.82) is 0 Å². The maximum absolute atomic E-state index is 14.0. The number of aromatic nitrogens is 5. The topological polar surface area (TPSA) is 85.7 Å². The lowest BCUT2D eigenvalue weighted by atomic mass is 10.1. The van der Waals surface area contributed by atoms with Crippen LogP contribution < -0.4 is 11.0 Å². The summed E-state index contributed by atoms with van der Waals surface area (Å²) < 4.78 is 18.6. The monoisotopic (exact) mass is 494 g/mol. The molecule has 0 fully saturated rings. The highest BCUT2D eigenvalue weighted by atomic mass is 79.9. The third-order valence-electron chi connectivity index (χ3n) is 5.04. The minimum atomic E-state index is -0.584. The summed E-state index contributed by atoms with van der Waals surface area (Å²) in [5, 5.41) is 11.3. The number of rotatable bonds is 4. The van der Waals surface area contributed by atoms with Crippen LogP contribution in [0.25, 0.3) is 22.4 Å². The molecule has 0 spiro atoms. The zero-order valence-corrected chi connectivity index (χ0v) is 18.4. The number of hydrogen-bond donors (Lipinski definition) is 1. The summed E-state index contributed by atoms with van der Waals surface area (Å²) in [7, 11) is 0. The molecule has 0 radical (unpaired) electrons. The number of hydrogen-bond acceptors (Lipinski definition) is 4.